The largest absolute Gasteiger partial charge is 0.497 e. The van der Waals surface area contributed by atoms with Gasteiger partial charge in [0.1, 0.15) is 11.9 Å². The first-order chi connectivity index (χ1) is 18.0. The van der Waals surface area contributed by atoms with Gasteiger partial charge in [-0.2, -0.15) is 0 Å². The van der Waals surface area contributed by atoms with E-state index >= 15 is 0 Å². The van der Waals surface area contributed by atoms with Crippen molar-refractivity contribution in [1.82, 2.24) is 15.0 Å². The van der Waals surface area contributed by atoms with E-state index in [0.29, 0.717) is 12.5 Å². The Labute approximate surface area is 222 Å². The summed E-state index contributed by atoms with van der Waals surface area (Å²) in [5.41, 5.74) is 3.19. The molecule has 2 fully saturated rings. The summed E-state index contributed by atoms with van der Waals surface area (Å²) in [5, 5.41) is 18.4. The van der Waals surface area contributed by atoms with E-state index in [1.807, 2.05) is 24.3 Å². The summed E-state index contributed by atoms with van der Waals surface area (Å²) >= 11 is 6.71. The van der Waals surface area contributed by atoms with Gasteiger partial charge in [-0.15, -0.1) is 5.10 Å². The monoisotopic (exact) mass is 524 g/mol. The van der Waals surface area contributed by atoms with Crippen LogP contribution in [0.3, 0.4) is 0 Å². The first kappa shape index (κ1) is 25.4. The molecule has 0 atom stereocenters. The third-order valence-corrected chi connectivity index (χ3v) is 7.78. The maximum absolute atomic E-state index is 11.8. The molecular formula is C28H33ClN4O4. The Morgan fingerprint density at radius 3 is 2.43 bits per heavy atom. The minimum absolute atomic E-state index is 0.0921. The molecule has 9 heteroatoms. The molecule has 3 aromatic rings. The number of hydrogen-bond donors (Lipinski definition) is 1. The number of carboxylic acids is 1. The fourth-order valence-electron chi connectivity index (χ4n) is 5.40. The van der Waals surface area contributed by atoms with Gasteiger partial charge >= 0.3 is 5.97 Å². The lowest BCUT2D eigenvalue weighted by atomic mass is 9.82. The fourth-order valence-corrected chi connectivity index (χ4v) is 5.71. The molecule has 8 nitrogen and oxygen atoms in total. The zero-order valence-electron chi connectivity index (χ0n) is 21.1. The van der Waals surface area contributed by atoms with Crippen LogP contribution in [0.15, 0.2) is 42.5 Å². The van der Waals surface area contributed by atoms with Crippen molar-refractivity contribution in [3.63, 3.8) is 0 Å². The highest BCUT2D eigenvalue weighted by Crippen LogP contribution is 2.38. The standard InChI is InChI=1S/C28H33ClN4O4/c1-36-22-10-5-19(6-11-22)18-33-27(26(28(34)35)30-31-33)37-23-12-7-20(8-13-23)21-9-14-25(24(29)17-21)32-15-3-2-4-16-32/h5-6,9-11,14,17,20,23H,2-4,7-8,12-13,15-16,18H2,1H3,(H,34,35)/t20-,23-. The van der Waals surface area contributed by atoms with Crippen molar-refractivity contribution in [2.24, 2.45) is 0 Å². The number of rotatable bonds is 8. The average molecular weight is 525 g/mol. The van der Waals surface area contributed by atoms with Crippen LogP contribution in [0.2, 0.25) is 5.02 Å². The molecule has 2 heterocycles. The average Bonchev–Trinajstić information content (AvgIpc) is 3.32. The second kappa shape index (κ2) is 11.4. The van der Waals surface area contributed by atoms with Crippen molar-refractivity contribution in [2.75, 3.05) is 25.1 Å². The molecule has 0 amide bonds. The molecule has 2 aliphatic rings. The van der Waals surface area contributed by atoms with Crippen LogP contribution in [0.4, 0.5) is 5.69 Å². The Hall–Kier alpha value is -3.26. The molecule has 37 heavy (non-hydrogen) atoms. The van der Waals surface area contributed by atoms with Gasteiger partial charge in [-0.05, 0) is 86.3 Å². The maximum Gasteiger partial charge on any atom is 0.362 e. The Bertz CT molecular complexity index is 1220. The lowest BCUT2D eigenvalue weighted by molar-refractivity contribution is 0.0676. The van der Waals surface area contributed by atoms with Gasteiger partial charge in [0.05, 0.1) is 24.4 Å². The van der Waals surface area contributed by atoms with Crippen LogP contribution in [0.5, 0.6) is 11.6 Å². The number of benzene rings is 2. The molecule has 0 radical (unpaired) electrons. The van der Waals surface area contributed by atoms with Crippen molar-refractivity contribution < 1.29 is 19.4 Å². The van der Waals surface area contributed by atoms with Gasteiger partial charge in [0.15, 0.2) is 0 Å². The smallest absolute Gasteiger partial charge is 0.362 e. The van der Waals surface area contributed by atoms with Crippen LogP contribution in [0, 0.1) is 0 Å². The Kier molecular flexibility index (Phi) is 7.84. The number of ether oxygens (including phenoxy) is 2. The van der Waals surface area contributed by atoms with Crippen LogP contribution < -0.4 is 14.4 Å². The van der Waals surface area contributed by atoms with E-state index in [0.717, 1.165) is 60.8 Å². The van der Waals surface area contributed by atoms with Gasteiger partial charge < -0.3 is 19.5 Å². The van der Waals surface area contributed by atoms with Gasteiger partial charge in [-0.3, -0.25) is 0 Å². The molecule has 1 saturated carbocycles. The van der Waals surface area contributed by atoms with Crippen LogP contribution in [-0.4, -0.2) is 52.4 Å². The van der Waals surface area contributed by atoms with E-state index in [4.69, 9.17) is 21.1 Å². The number of aromatic nitrogens is 3. The molecule has 0 unspecified atom stereocenters. The lowest BCUT2D eigenvalue weighted by Gasteiger charge is -2.31. The number of halogens is 1. The van der Waals surface area contributed by atoms with Crippen molar-refractivity contribution in [3.8, 4) is 11.6 Å². The zero-order valence-corrected chi connectivity index (χ0v) is 21.9. The van der Waals surface area contributed by atoms with Gasteiger partial charge in [0.2, 0.25) is 11.6 Å². The second-order valence-corrected chi connectivity index (χ2v) is 10.3. The third-order valence-electron chi connectivity index (χ3n) is 7.48. The van der Waals surface area contributed by atoms with Crippen LogP contribution in [-0.2, 0) is 6.54 Å². The van der Waals surface area contributed by atoms with Crippen LogP contribution in [0.25, 0.3) is 0 Å². The van der Waals surface area contributed by atoms with E-state index in [1.165, 1.54) is 29.5 Å². The number of carbonyl (C=O) groups is 1. The molecule has 1 saturated heterocycles. The number of piperidine rings is 1. The van der Waals surface area contributed by atoms with E-state index in [9.17, 15) is 9.90 Å². The summed E-state index contributed by atoms with van der Waals surface area (Å²) in [5.74, 6) is 0.229. The van der Waals surface area contributed by atoms with Gasteiger partial charge in [-0.1, -0.05) is 35.0 Å². The number of methoxy groups -OCH3 is 1. The molecular weight excluding hydrogens is 492 g/mol. The van der Waals surface area contributed by atoms with Gasteiger partial charge in [0.25, 0.3) is 0 Å². The summed E-state index contributed by atoms with van der Waals surface area (Å²) in [6.07, 6.45) is 7.19. The summed E-state index contributed by atoms with van der Waals surface area (Å²) < 4.78 is 13.0. The van der Waals surface area contributed by atoms with E-state index in [-0.39, 0.29) is 17.7 Å². The molecule has 1 aliphatic heterocycles. The fraction of sp³-hybridized carbons (Fsp3) is 0.464. The molecule has 0 bridgehead atoms. The summed E-state index contributed by atoms with van der Waals surface area (Å²) in [6, 6.07) is 14.1. The van der Waals surface area contributed by atoms with E-state index in [1.54, 1.807) is 7.11 Å². The molecule has 2 aromatic carbocycles. The van der Waals surface area contributed by atoms with Crippen molar-refractivity contribution in [1.29, 1.82) is 0 Å². The minimum Gasteiger partial charge on any atom is -0.497 e. The number of aromatic carboxylic acids is 1. The first-order valence-electron chi connectivity index (χ1n) is 13.0. The molecule has 196 valence electrons. The minimum atomic E-state index is -1.15. The van der Waals surface area contributed by atoms with Gasteiger partial charge in [0, 0.05) is 13.1 Å². The predicted molar refractivity (Wildman–Crippen MR) is 142 cm³/mol. The number of hydrogen-bond acceptors (Lipinski definition) is 6. The normalized spacial score (nSPS) is 20.0. The van der Waals surface area contributed by atoms with Crippen molar-refractivity contribution in [3.05, 3.63) is 64.3 Å². The molecule has 1 N–H and O–H groups in total. The Morgan fingerprint density at radius 2 is 1.78 bits per heavy atom. The Balaban J connectivity index is 1.23. The SMILES string of the molecule is COc1ccc(Cn2nnc(C(=O)O)c2O[C@H]2CC[C@H](c3ccc(N4CCCCC4)c(Cl)c3)CC2)cc1. The third kappa shape index (κ3) is 5.85. The molecule has 1 aromatic heterocycles. The van der Waals surface area contributed by atoms with Crippen LogP contribution >= 0.6 is 11.6 Å². The van der Waals surface area contributed by atoms with Crippen LogP contribution in [0.1, 0.15) is 72.5 Å². The summed E-state index contributed by atoms with van der Waals surface area (Å²) in [7, 11) is 1.62. The van der Waals surface area contributed by atoms with Gasteiger partial charge in [-0.25, -0.2) is 9.48 Å². The lowest BCUT2D eigenvalue weighted by Crippen LogP contribution is -2.29. The van der Waals surface area contributed by atoms with E-state index < -0.39 is 5.97 Å². The van der Waals surface area contributed by atoms with Crippen molar-refractivity contribution in [2.45, 2.75) is 63.5 Å². The highest BCUT2D eigenvalue weighted by molar-refractivity contribution is 6.33. The number of nitrogens with zero attached hydrogens (tertiary/aromatic N) is 4. The Morgan fingerprint density at radius 1 is 1.05 bits per heavy atom. The zero-order chi connectivity index (χ0) is 25.8. The summed E-state index contributed by atoms with van der Waals surface area (Å²) in [6.45, 7) is 2.50. The predicted octanol–water partition coefficient (Wildman–Crippen LogP) is 5.78. The number of carboxylic acid groups (broad SMARTS) is 1. The highest BCUT2D eigenvalue weighted by atomic mass is 35.5. The highest BCUT2D eigenvalue weighted by Gasteiger charge is 2.29. The molecule has 5 rings (SSSR count). The second-order valence-electron chi connectivity index (χ2n) is 9.90. The first-order valence-corrected chi connectivity index (χ1v) is 13.4. The van der Waals surface area contributed by atoms with E-state index in [2.05, 4.69) is 33.4 Å². The number of anilines is 1. The molecule has 1 aliphatic carbocycles. The van der Waals surface area contributed by atoms with Crippen molar-refractivity contribution >= 4 is 23.3 Å². The summed E-state index contributed by atoms with van der Waals surface area (Å²) in [4.78, 5) is 14.2. The topological polar surface area (TPSA) is 89.7 Å². The quantitative estimate of drug-likeness (QED) is 0.399. The maximum atomic E-state index is 11.8. The molecule has 0 spiro atoms.